The largest absolute Gasteiger partial charge is 0.493 e. The summed E-state index contributed by atoms with van der Waals surface area (Å²) in [7, 11) is 6.71. The standard InChI is InChI=1S/C20H28N2O6S2/c1-13(23)15-6-7-16(25-4)19(26-5)18(15)28-11-14-10-22(8-9-27-14)17(24)12-30-20(29)21(2)3/h6-7,14H,8-12H2,1-5H3. The number of nitrogens with zero attached hydrogens (tertiary/aromatic N) is 2. The van der Waals surface area contributed by atoms with Crippen LogP contribution in [0.15, 0.2) is 12.1 Å². The van der Waals surface area contributed by atoms with Gasteiger partial charge in [-0.15, -0.1) is 0 Å². The monoisotopic (exact) mass is 456 g/mol. The third kappa shape index (κ3) is 6.23. The molecular formula is C20H28N2O6S2. The highest BCUT2D eigenvalue weighted by molar-refractivity contribution is 8.23. The predicted octanol–water partition coefficient (Wildman–Crippen LogP) is 2.09. The molecule has 166 valence electrons. The number of benzene rings is 1. The molecule has 1 aliphatic rings. The average Bonchev–Trinajstić information content (AvgIpc) is 2.74. The van der Waals surface area contributed by atoms with Gasteiger partial charge in [0.25, 0.3) is 0 Å². The Hall–Kier alpha value is -2.04. The highest BCUT2D eigenvalue weighted by Crippen LogP contribution is 2.40. The van der Waals surface area contributed by atoms with E-state index in [4.69, 9.17) is 31.2 Å². The van der Waals surface area contributed by atoms with Crippen LogP contribution in [-0.2, 0) is 9.53 Å². The van der Waals surface area contributed by atoms with Crippen molar-refractivity contribution in [2.45, 2.75) is 13.0 Å². The summed E-state index contributed by atoms with van der Waals surface area (Å²) in [6, 6.07) is 3.30. The molecule has 0 spiro atoms. The number of ketones is 1. The number of ether oxygens (including phenoxy) is 4. The summed E-state index contributed by atoms with van der Waals surface area (Å²) < 4.78 is 23.1. The number of Topliss-reactive ketones (excluding diaryl/α,β-unsaturated/α-hetero) is 1. The topological polar surface area (TPSA) is 77.5 Å². The maximum absolute atomic E-state index is 12.5. The fraction of sp³-hybridized carbons (Fsp3) is 0.550. The van der Waals surface area contributed by atoms with E-state index >= 15 is 0 Å². The number of hydrogen-bond donors (Lipinski definition) is 0. The van der Waals surface area contributed by atoms with Crippen LogP contribution in [0.5, 0.6) is 17.2 Å². The summed E-state index contributed by atoms with van der Waals surface area (Å²) in [4.78, 5) is 28.1. The summed E-state index contributed by atoms with van der Waals surface area (Å²) in [5, 5.41) is 0. The van der Waals surface area contributed by atoms with Crippen molar-refractivity contribution in [2.24, 2.45) is 0 Å². The first-order valence-electron chi connectivity index (χ1n) is 9.40. The quantitative estimate of drug-likeness (QED) is 0.432. The molecule has 2 rings (SSSR count). The molecule has 1 aromatic rings. The van der Waals surface area contributed by atoms with Crippen LogP contribution in [-0.4, -0.2) is 92.3 Å². The van der Waals surface area contributed by atoms with Crippen molar-refractivity contribution in [3.63, 3.8) is 0 Å². The van der Waals surface area contributed by atoms with E-state index in [1.165, 1.54) is 32.9 Å². The number of carbonyl (C=O) groups is 2. The molecule has 10 heteroatoms. The Morgan fingerprint density at radius 1 is 1.27 bits per heavy atom. The van der Waals surface area contributed by atoms with Crippen LogP contribution in [0.1, 0.15) is 17.3 Å². The van der Waals surface area contributed by atoms with Crippen molar-refractivity contribution in [3.05, 3.63) is 17.7 Å². The second kappa shape index (κ2) is 11.4. The molecule has 1 amide bonds. The Morgan fingerprint density at radius 2 is 2.00 bits per heavy atom. The van der Waals surface area contributed by atoms with Crippen molar-refractivity contribution in [1.29, 1.82) is 0 Å². The van der Waals surface area contributed by atoms with Gasteiger partial charge in [-0.25, -0.2) is 0 Å². The minimum absolute atomic E-state index is 0.000820. The summed E-state index contributed by atoms with van der Waals surface area (Å²) in [5.41, 5.74) is 0.394. The van der Waals surface area contributed by atoms with Gasteiger partial charge in [0.1, 0.15) is 17.0 Å². The Balaban J connectivity index is 2.03. The molecule has 30 heavy (non-hydrogen) atoms. The number of thiocarbonyl (C=S) groups is 1. The van der Waals surface area contributed by atoms with Gasteiger partial charge in [0.2, 0.25) is 11.7 Å². The first-order valence-corrected chi connectivity index (χ1v) is 10.8. The number of carbonyl (C=O) groups excluding carboxylic acids is 2. The lowest BCUT2D eigenvalue weighted by atomic mass is 10.1. The number of rotatable bonds is 8. The van der Waals surface area contributed by atoms with Gasteiger partial charge in [0.05, 0.1) is 38.7 Å². The molecule has 0 aromatic heterocycles. The van der Waals surface area contributed by atoms with Gasteiger partial charge in [0.15, 0.2) is 17.3 Å². The van der Waals surface area contributed by atoms with Gasteiger partial charge >= 0.3 is 0 Å². The molecule has 0 bridgehead atoms. The normalized spacial score (nSPS) is 16.0. The predicted molar refractivity (Wildman–Crippen MR) is 120 cm³/mol. The third-order valence-electron chi connectivity index (χ3n) is 4.47. The molecule has 0 saturated carbocycles. The van der Waals surface area contributed by atoms with Gasteiger partial charge < -0.3 is 28.7 Å². The van der Waals surface area contributed by atoms with Crippen molar-refractivity contribution in [1.82, 2.24) is 9.80 Å². The first-order chi connectivity index (χ1) is 14.3. The van der Waals surface area contributed by atoms with Crippen molar-refractivity contribution in [3.8, 4) is 17.2 Å². The SMILES string of the molecule is COc1ccc(C(C)=O)c(OCC2CN(C(=O)CSC(=S)N(C)C)CCO2)c1OC. The lowest BCUT2D eigenvalue weighted by molar-refractivity contribution is -0.137. The Kier molecular flexibility index (Phi) is 9.19. The van der Waals surface area contributed by atoms with Gasteiger partial charge in [-0.2, -0.15) is 0 Å². The zero-order valence-corrected chi connectivity index (χ0v) is 19.6. The maximum atomic E-state index is 12.5. The molecule has 1 aliphatic heterocycles. The molecule has 8 nitrogen and oxygen atoms in total. The van der Waals surface area contributed by atoms with Crippen LogP contribution >= 0.6 is 24.0 Å². The Labute approximate surface area is 186 Å². The molecule has 1 aromatic carbocycles. The average molecular weight is 457 g/mol. The van der Waals surface area contributed by atoms with Gasteiger partial charge in [0, 0.05) is 20.6 Å². The molecule has 1 saturated heterocycles. The van der Waals surface area contributed by atoms with E-state index in [0.717, 1.165) is 0 Å². The van der Waals surface area contributed by atoms with E-state index in [2.05, 4.69) is 0 Å². The van der Waals surface area contributed by atoms with E-state index in [0.29, 0.717) is 46.8 Å². The lowest BCUT2D eigenvalue weighted by Gasteiger charge is -2.33. The smallest absolute Gasteiger partial charge is 0.233 e. The highest BCUT2D eigenvalue weighted by Gasteiger charge is 2.27. The number of amides is 1. The fourth-order valence-electron chi connectivity index (χ4n) is 2.89. The molecule has 0 N–H and O–H groups in total. The van der Waals surface area contributed by atoms with Crippen molar-refractivity contribution >= 4 is 40.0 Å². The highest BCUT2D eigenvalue weighted by atomic mass is 32.2. The van der Waals surface area contributed by atoms with Crippen LogP contribution in [0.4, 0.5) is 0 Å². The summed E-state index contributed by atoms with van der Waals surface area (Å²) in [6.45, 7) is 2.96. The van der Waals surface area contributed by atoms with Gasteiger partial charge in [-0.05, 0) is 19.1 Å². The fourth-order valence-corrected chi connectivity index (χ4v) is 3.75. The van der Waals surface area contributed by atoms with Crippen LogP contribution in [0.3, 0.4) is 0 Å². The van der Waals surface area contributed by atoms with Crippen LogP contribution < -0.4 is 14.2 Å². The minimum atomic E-state index is -0.329. The van der Waals surface area contributed by atoms with Crippen molar-refractivity contribution < 1.29 is 28.5 Å². The Bertz CT molecular complexity index is 787. The van der Waals surface area contributed by atoms with Gasteiger partial charge in [-0.3, -0.25) is 9.59 Å². The van der Waals surface area contributed by atoms with Crippen LogP contribution in [0, 0.1) is 0 Å². The molecular weight excluding hydrogens is 428 g/mol. The van der Waals surface area contributed by atoms with E-state index in [9.17, 15) is 9.59 Å². The number of morpholine rings is 1. The Morgan fingerprint density at radius 3 is 2.60 bits per heavy atom. The van der Waals surface area contributed by atoms with E-state index < -0.39 is 0 Å². The number of methoxy groups -OCH3 is 2. The van der Waals surface area contributed by atoms with E-state index in [1.54, 1.807) is 21.9 Å². The van der Waals surface area contributed by atoms with E-state index in [-0.39, 0.29) is 30.2 Å². The molecule has 1 heterocycles. The molecule has 0 aliphatic carbocycles. The van der Waals surface area contributed by atoms with Crippen molar-refractivity contribution in [2.75, 3.05) is 60.4 Å². The summed E-state index contributed by atoms with van der Waals surface area (Å²) >= 11 is 6.56. The number of hydrogen-bond acceptors (Lipinski definition) is 8. The molecule has 1 unspecified atom stereocenters. The minimum Gasteiger partial charge on any atom is -0.493 e. The lowest BCUT2D eigenvalue weighted by Crippen LogP contribution is -2.48. The third-order valence-corrected chi connectivity index (χ3v) is 6.19. The van der Waals surface area contributed by atoms with E-state index in [1.807, 2.05) is 14.1 Å². The molecule has 1 fully saturated rings. The second-order valence-electron chi connectivity index (χ2n) is 6.83. The summed E-state index contributed by atoms with van der Waals surface area (Å²) in [6.07, 6.45) is -0.329. The maximum Gasteiger partial charge on any atom is 0.233 e. The van der Waals surface area contributed by atoms with Gasteiger partial charge in [-0.1, -0.05) is 24.0 Å². The number of thioether (sulfide) groups is 1. The molecule has 1 atom stereocenters. The second-order valence-corrected chi connectivity index (χ2v) is 8.44. The molecule has 0 radical (unpaired) electrons. The zero-order chi connectivity index (χ0) is 22.3. The van der Waals surface area contributed by atoms with Crippen LogP contribution in [0.2, 0.25) is 0 Å². The first kappa shape index (κ1) is 24.2. The summed E-state index contributed by atoms with van der Waals surface area (Å²) in [5.74, 6) is 1.25. The zero-order valence-electron chi connectivity index (χ0n) is 17.9. The van der Waals surface area contributed by atoms with Crippen LogP contribution in [0.25, 0.3) is 0 Å².